The first-order valence-electron chi connectivity index (χ1n) is 5.91. The van der Waals surface area contributed by atoms with E-state index in [1.165, 1.54) is 0 Å². The number of aromatic nitrogens is 2. The van der Waals surface area contributed by atoms with Gasteiger partial charge in [-0.05, 0) is 25.0 Å². The van der Waals surface area contributed by atoms with Gasteiger partial charge in [0.15, 0.2) is 5.52 Å². The number of aryl methyl sites for hydroxylation is 1. The van der Waals surface area contributed by atoms with Gasteiger partial charge in [-0.2, -0.15) is 0 Å². The third-order valence-electron chi connectivity index (χ3n) is 2.96. The number of nitrogens with zero attached hydrogens (tertiary/aromatic N) is 2. The molecule has 0 unspecified atom stereocenters. The molecular formula is C13H13N3OS. The summed E-state index contributed by atoms with van der Waals surface area (Å²) in [6, 6.07) is 7.50. The van der Waals surface area contributed by atoms with Crippen molar-refractivity contribution >= 4 is 38.3 Å². The van der Waals surface area contributed by atoms with Crippen LogP contribution in [-0.4, -0.2) is 4.98 Å². The highest BCUT2D eigenvalue weighted by molar-refractivity contribution is 7.19. The molecule has 92 valence electrons. The Morgan fingerprint density at radius 2 is 2.17 bits per heavy atom. The van der Waals surface area contributed by atoms with Crippen LogP contribution >= 0.6 is 11.3 Å². The molecule has 4 nitrogen and oxygen atoms in total. The summed E-state index contributed by atoms with van der Waals surface area (Å²) in [7, 11) is 0. The molecule has 3 aromatic rings. The molecule has 0 fully saturated rings. The van der Waals surface area contributed by atoms with E-state index >= 15 is 0 Å². The van der Waals surface area contributed by atoms with Gasteiger partial charge in [-0.25, -0.2) is 9.71 Å². The monoisotopic (exact) mass is 259 g/mol. The highest BCUT2D eigenvalue weighted by atomic mass is 32.1. The van der Waals surface area contributed by atoms with E-state index in [0.29, 0.717) is 11.0 Å². The molecule has 18 heavy (non-hydrogen) atoms. The number of fused-ring (bicyclic) bond motifs is 3. The van der Waals surface area contributed by atoms with Crippen LogP contribution in [0.5, 0.6) is 0 Å². The molecule has 0 radical (unpaired) electrons. The Bertz CT molecular complexity index is 736. The summed E-state index contributed by atoms with van der Waals surface area (Å²) in [6.45, 7) is 2.11. The van der Waals surface area contributed by atoms with E-state index in [1.54, 1.807) is 17.4 Å². The first kappa shape index (κ1) is 11.2. The largest absolute Gasteiger partial charge is 0.710 e. The van der Waals surface area contributed by atoms with E-state index < -0.39 is 0 Å². The van der Waals surface area contributed by atoms with Crippen LogP contribution in [0.4, 0.5) is 5.82 Å². The van der Waals surface area contributed by atoms with E-state index in [1.807, 2.05) is 18.2 Å². The number of anilines is 1. The molecule has 5 heteroatoms. The van der Waals surface area contributed by atoms with Crippen molar-refractivity contribution < 1.29 is 4.73 Å². The van der Waals surface area contributed by atoms with Crippen molar-refractivity contribution in [1.29, 1.82) is 0 Å². The van der Waals surface area contributed by atoms with Gasteiger partial charge in [0.2, 0.25) is 0 Å². The minimum absolute atomic E-state index is 0.197. The highest BCUT2D eigenvalue weighted by Gasteiger charge is 2.17. The Labute approximate surface area is 108 Å². The molecule has 3 rings (SSSR count). The fourth-order valence-electron chi connectivity index (χ4n) is 2.11. The van der Waals surface area contributed by atoms with Crippen molar-refractivity contribution in [2.45, 2.75) is 19.8 Å². The van der Waals surface area contributed by atoms with Gasteiger partial charge < -0.3 is 5.21 Å². The SMILES string of the molecule is CCCc1nc2c(N)[n+]([O-])c3ccccc3c2s1. The lowest BCUT2D eigenvalue weighted by Crippen LogP contribution is -2.31. The van der Waals surface area contributed by atoms with Crippen molar-refractivity contribution in [2.75, 3.05) is 5.73 Å². The van der Waals surface area contributed by atoms with Crippen molar-refractivity contribution in [3.63, 3.8) is 0 Å². The van der Waals surface area contributed by atoms with Crippen LogP contribution in [0.1, 0.15) is 18.4 Å². The second-order valence-corrected chi connectivity index (χ2v) is 5.32. The van der Waals surface area contributed by atoms with E-state index in [0.717, 1.165) is 32.7 Å². The molecule has 0 saturated carbocycles. The smallest absolute Gasteiger partial charge is 0.303 e. The molecule has 0 bridgehead atoms. The molecule has 0 spiro atoms. The molecule has 0 aliphatic heterocycles. The van der Waals surface area contributed by atoms with Crippen LogP contribution in [0.3, 0.4) is 0 Å². The standard InChI is InChI=1S/C13H13N3OS/c1-2-5-10-15-11-12(18-10)8-6-3-4-7-9(8)16(17)13(11)14/h3-4,6-7H,2,5,14H2,1H3. The average molecular weight is 259 g/mol. The summed E-state index contributed by atoms with van der Waals surface area (Å²) in [5, 5.41) is 14.0. The second kappa shape index (κ2) is 4.10. The van der Waals surface area contributed by atoms with E-state index in [9.17, 15) is 5.21 Å². The normalized spacial score (nSPS) is 11.4. The first-order chi connectivity index (χ1) is 8.72. The zero-order valence-electron chi connectivity index (χ0n) is 10.0. The maximum Gasteiger partial charge on any atom is 0.303 e. The van der Waals surface area contributed by atoms with Gasteiger partial charge in [-0.3, -0.25) is 5.73 Å². The lowest BCUT2D eigenvalue weighted by atomic mass is 10.2. The average Bonchev–Trinajstić information content (AvgIpc) is 2.81. The number of nitrogen functional groups attached to an aromatic ring is 1. The molecule has 2 heterocycles. The molecule has 0 aliphatic carbocycles. The topological polar surface area (TPSA) is 65.8 Å². The lowest BCUT2D eigenvalue weighted by Gasteiger charge is -2.09. The lowest BCUT2D eigenvalue weighted by molar-refractivity contribution is -0.559. The van der Waals surface area contributed by atoms with Gasteiger partial charge in [0, 0.05) is 5.39 Å². The summed E-state index contributed by atoms with van der Waals surface area (Å²) in [5.41, 5.74) is 7.13. The van der Waals surface area contributed by atoms with E-state index in [2.05, 4.69) is 11.9 Å². The third-order valence-corrected chi connectivity index (χ3v) is 4.11. The molecule has 0 atom stereocenters. The Morgan fingerprint density at radius 3 is 2.94 bits per heavy atom. The maximum absolute atomic E-state index is 12.1. The summed E-state index contributed by atoms with van der Waals surface area (Å²) in [5.74, 6) is 0.197. The van der Waals surface area contributed by atoms with Crippen LogP contribution < -0.4 is 10.5 Å². The van der Waals surface area contributed by atoms with Crippen LogP contribution in [0.2, 0.25) is 0 Å². The summed E-state index contributed by atoms with van der Waals surface area (Å²) >= 11 is 1.63. The predicted molar refractivity (Wildman–Crippen MR) is 74.5 cm³/mol. The second-order valence-electron chi connectivity index (χ2n) is 4.23. The molecule has 0 aliphatic rings. The van der Waals surface area contributed by atoms with Gasteiger partial charge >= 0.3 is 5.82 Å². The highest BCUT2D eigenvalue weighted by Crippen LogP contribution is 2.31. The minimum atomic E-state index is 0.197. The molecular weight excluding hydrogens is 246 g/mol. The predicted octanol–water partition coefficient (Wildman–Crippen LogP) is 2.62. The summed E-state index contributed by atoms with van der Waals surface area (Å²) < 4.78 is 1.78. The van der Waals surface area contributed by atoms with Gasteiger partial charge in [-0.15, -0.1) is 11.3 Å². The van der Waals surface area contributed by atoms with Crippen LogP contribution in [0.15, 0.2) is 24.3 Å². The molecule has 2 N–H and O–H groups in total. The first-order valence-corrected chi connectivity index (χ1v) is 6.73. The Morgan fingerprint density at radius 1 is 1.39 bits per heavy atom. The number of hydrogen-bond acceptors (Lipinski definition) is 4. The number of pyridine rings is 1. The fraction of sp³-hybridized carbons (Fsp3) is 0.231. The van der Waals surface area contributed by atoms with Crippen molar-refractivity contribution in [1.82, 2.24) is 4.98 Å². The Balaban J connectivity index is 2.45. The van der Waals surface area contributed by atoms with Crippen molar-refractivity contribution in [3.8, 4) is 0 Å². The van der Waals surface area contributed by atoms with Crippen LogP contribution in [0, 0.1) is 5.21 Å². The van der Waals surface area contributed by atoms with Crippen LogP contribution in [-0.2, 0) is 6.42 Å². The van der Waals surface area contributed by atoms with Crippen LogP contribution in [0.25, 0.3) is 21.1 Å². The number of nitrogens with two attached hydrogens (primary N) is 1. The summed E-state index contributed by atoms with van der Waals surface area (Å²) in [4.78, 5) is 4.49. The van der Waals surface area contributed by atoms with Gasteiger partial charge in [-0.1, -0.05) is 19.1 Å². The van der Waals surface area contributed by atoms with Crippen molar-refractivity contribution in [2.24, 2.45) is 0 Å². The Kier molecular flexibility index (Phi) is 2.56. The quantitative estimate of drug-likeness (QED) is 0.568. The number of rotatable bonds is 2. The summed E-state index contributed by atoms with van der Waals surface area (Å²) in [6.07, 6.45) is 1.96. The maximum atomic E-state index is 12.1. The van der Waals surface area contributed by atoms with E-state index in [-0.39, 0.29) is 5.82 Å². The third kappa shape index (κ3) is 1.51. The molecule has 0 saturated heterocycles. The van der Waals surface area contributed by atoms with E-state index in [4.69, 9.17) is 5.73 Å². The number of thiazole rings is 1. The van der Waals surface area contributed by atoms with Gasteiger partial charge in [0.05, 0.1) is 9.71 Å². The Hall–Kier alpha value is -1.88. The fourth-order valence-corrected chi connectivity index (χ4v) is 3.32. The van der Waals surface area contributed by atoms with Crippen molar-refractivity contribution in [3.05, 3.63) is 34.5 Å². The number of hydrogen-bond donors (Lipinski definition) is 1. The number of para-hydroxylation sites is 1. The molecule has 0 amide bonds. The van der Waals surface area contributed by atoms with Gasteiger partial charge in [0.1, 0.15) is 5.52 Å². The molecule has 2 aromatic heterocycles. The number of benzene rings is 1. The zero-order chi connectivity index (χ0) is 12.7. The zero-order valence-corrected chi connectivity index (χ0v) is 10.8. The molecule has 1 aromatic carbocycles. The minimum Gasteiger partial charge on any atom is -0.710 e. The van der Waals surface area contributed by atoms with Gasteiger partial charge in [0.25, 0.3) is 0 Å².